The zero-order chi connectivity index (χ0) is 34.1. The normalized spacial score (nSPS) is 16.1. The summed E-state index contributed by atoms with van der Waals surface area (Å²) in [6.07, 6.45) is 1.22. The van der Waals surface area contributed by atoms with Crippen LogP contribution in [0.4, 0.5) is 19.0 Å². The molecule has 2 N–H and O–H groups in total. The molecule has 2 fully saturated rings. The number of anilines is 1. The minimum Gasteiger partial charge on any atom is -0.475 e. The number of hydrazine groups is 1. The van der Waals surface area contributed by atoms with Crippen molar-refractivity contribution in [2.24, 2.45) is 5.92 Å². The van der Waals surface area contributed by atoms with Gasteiger partial charge in [0.1, 0.15) is 6.07 Å². The van der Waals surface area contributed by atoms with Crippen LogP contribution in [0.25, 0.3) is 11.2 Å². The number of nitrogens with one attached hydrogen (secondary N) is 1. The first-order valence-corrected chi connectivity index (χ1v) is 15.5. The number of rotatable bonds is 10. The molecule has 0 atom stereocenters. The van der Waals surface area contributed by atoms with Gasteiger partial charge in [-0.25, -0.2) is 9.78 Å². The third-order valence-corrected chi connectivity index (χ3v) is 8.20. The lowest BCUT2D eigenvalue weighted by Gasteiger charge is -2.32. The average molecular weight is 659 g/mol. The van der Waals surface area contributed by atoms with E-state index in [1.54, 1.807) is 11.3 Å². The molecule has 1 aliphatic carbocycles. The number of carbonyl (C=O) groups is 2. The van der Waals surface area contributed by atoms with E-state index in [0.717, 1.165) is 52.1 Å². The van der Waals surface area contributed by atoms with Gasteiger partial charge in [-0.1, -0.05) is 25.0 Å². The van der Waals surface area contributed by atoms with Gasteiger partial charge in [0.25, 0.3) is 5.91 Å². The topological polar surface area (TPSA) is 147 Å². The molecule has 1 aromatic carbocycles. The smallest absolute Gasteiger partial charge is 0.475 e. The molecule has 0 bridgehead atoms. The first kappa shape index (κ1) is 35.5. The zero-order valence-corrected chi connectivity index (χ0v) is 26.9. The standard InChI is InChI=1S/C29H40N10O.C2HF3O2/c1-35(2)12-17-38-21-31-26-27(38)32-25(18-30)33-28(26)39(20-22-6-4-5-7-22)34-29(40)24-10-8-23(9-11-24)19-37-15-13-36(3)14-16-37;3-2(4,5)1(6)7/h8-11,21-22H,4-7,12-17,19-20H2,1-3H3,(H,34,40);(H,6,7). The van der Waals surface area contributed by atoms with Crippen molar-refractivity contribution in [3.63, 3.8) is 0 Å². The fourth-order valence-corrected chi connectivity index (χ4v) is 5.49. The van der Waals surface area contributed by atoms with Crippen molar-refractivity contribution in [3.05, 3.63) is 47.5 Å². The van der Waals surface area contributed by atoms with Gasteiger partial charge in [-0.3, -0.25) is 20.1 Å². The fourth-order valence-electron chi connectivity index (χ4n) is 5.49. The molecule has 254 valence electrons. The molecular formula is C31H41F3N10O3. The van der Waals surface area contributed by atoms with Crippen molar-refractivity contribution in [2.45, 2.75) is 44.9 Å². The molecule has 13 nitrogen and oxygen atoms in total. The number of carbonyl (C=O) groups excluding carboxylic acids is 1. The number of hydrogen-bond acceptors (Lipinski definition) is 10. The molecule has 2 aromatic heterocycles. The number of carboxylic acid groups (broad SMARTS) is 1. The number of alkyl halides is 3. The number of fused-ring (bicyclic) bond motifs is 1. The lowest BCUT2D eigenvalue weighted by atomic mass is 10.1. The Morgan fingerprint density at radius 2 is 1.72 bits per heavy atom. The van der Waals surface area contributed by atoms with Crippen LogP contribution in [-0.4, -0.2) is 118 Å². The van der Waals surface area contributed by atoms with E-state index in [-0.39, 0.29) is 11.7 Å². The quantitative estimate of drug-likeness (QED) is 0.310. The predicted octanol–water partition coefficient (Wildman–Crippen LogP) is 2.98. The second-order valence-electron chi connectivity index (χ2n) is 12.2. The van der Waals surface area contributed by atoms with E-state index in [9.17, 15) is 23.2 Å². The lowest BCUT2D eigenvalue weighted by Crippen LogP contribution is -2.45. The first-order chi connectivity index (χ1) is 22.3. The first-order valence-electron chi connectivity index (χ1n) is 15.5. The number of benzene rings is 1. The van der Waals surface area contributed by atoms with Gasteiger partial charge < -0.3 is 19.5 Å². The number of nitrogens with zero attached hydrogens (tertiary/aromatic N) is 9. The van der Waals surface area contributed by atoms with Crippen molar-refractivity contribution in [1.29, 1.82) is 5.26 Å². The zero-order valence-electron chi connectivity index (χ0n) is 26.9. The van der Waals surface area contributed by atoms with Gasteiger partial charge in [-0.2, -0.15) is 28.4 Å². The number of nitriles is 1. The summed E-state index contributed by atoms with van der Waals surface area (Å²) in [5.74, 6) is -2.00. The molecule has 1 saturated heterocycles. The Morgan fingerprint density at radius 1 is 1.09 bits per heavy atom. The maximum atomic E-state index is 13.5. The molecule has 5 rings (SSSR count). The number of likely N-dealkylation sites (N-methyl/N-ethyl adjacent to an activating group) is 2. The van der Waals surface area contributed by atoms with Crippen molar-refractivity contribution in [1.82, 2.24) is 39.6 Å². The molecule has 1 saturated carbocycles. The number of halogens is 3. The highest BCUT2D eigenvalue weighted by atomic mass is 19.4. The Bertz CT molecular complexity index is 1540. The van der Waals surface area contributed by atoms with E-state index in [0.29, 0.717) is 41.6 Å². The molecule has 3 heterocycles. The van der Waals surface area contributed by atoms with Gasteiger partial charge in [0.15, 0.2) is 17.0 Å². The third kappa shape index (κ3) is 10.1. The molecule has 2 aliphatic rings. The van der Waals surface area contributed by atoms with Crippen molar-refractivity contribution in [3.8, 4) is 6.07 Å². The molecule has 0 unspecified atom stereocenters. The Morgan fingerprint density at radius 3 is 2.30 bits per heavy atom. The van der Waals surface area contributed by atoms with Gasteiger partial charge >= 0.3 is 12.1 Å². The highest BCUT2D eigenvalue weighted by Crippen LogP contribution is 2.29. The minimum absolute atomic E-state index is 0.0630. The lowest BCUT2D eigenvalue weighted by molar-refractivity contribution is -0.192. The van der Waals surface area contributed by atoms with Gasteiger partial charge in [0.05, 0.1) is 6.33 Å². The summed E-state index contributed by atoms with van der Waals surface area (Å²) in [6.45, 7) is 7.24. The Balaban J connectivity index is 0.000000644. The van der Waals surface area contributed by atoms with E-state index in [2.05, 4.69) is 48.2 Å². The minimum atomic E-state index is -5.08. The summed E-state index contributed by atoms with van der Waals surface area (Å²) >= 11 is 0. The van der Waals surface area contributed by atoms with Crippen LogP contribution in [0, 0.1) is 17.2 Å². The monoisotopic (exact) mass is 658 g/mol. The Hall–Kier alpha value is -4.33. The number of aromatic nitrogens is 4. The van der Waals surface area contributed by atoms with Crippen LogP contribution in [0.2, 0.25) is 0 Å². The summed E-state index contributed by atoms with van der Waals surface area (Å²) in [6, 6.07) is 9.96. The van der Waals surface area contributed by atoms with Crippen LogP contribution < -0.4 is 10.4 Å². The largest absolute Gasteiger partial charge is 0.490 e. The Labute approximate surface area is 271 Å². The van der Waals surface area contributed by atoms with Crippen LogP contribution in [0.3, 0.4) is 0 Å². The van der Waals surface area contributed by atoms with E-state index >= 15 is 0 Å². The molecule has 1 amide bonds. The maximum Gasteiger partial charge on any atom is 0.490 e. The van der Waals surface area contributed by atoms with Crippen molar-refractivity contribution >= 4 is 28.9 Å². The van der Waals surface area contributed by atoms with Crippen molar-refractivity contribution < 1.29 is 27.9 Å². The second-order valence-corrected chi connectivity index (χ2v) is 12.2. The van der Waals surface area contributed by atoms with Crippen LogP contribution in [0.1, 0.15) is 47.4 Å². The van der Waals surface area contributed by atoms with E-state index in [4.69, 9.17) is 9.90 Å². The highest BCUT2D eigenvalue weighted by molar-refractivity contribution is 5.96. The Kier molecular flexibility index (Phi) is 12.1. The fraction of sp³-hybridized carbons (Fsp3) is 0.548. The molecule has 0 spiro atoms. The number of amides is 1. The molecule has 1 aliphatic heterocycles. The number of hydrogen-bond donors (Lipinski definition) is 2. The third-order valence-electron chi connectivity index (χ3n) is 8.20. The highest BCUT2D eigenvalue weighted by Gasteiger charge is 2.38. The summed E-state index contributed by atoms with van der Waals surface area (Å²) in [4.78, 5) is 42.9. The van der Waals surface area contributed by atoms with E-state index in [1.165, 1.54) is 18.4 Å². The van der Waals surface area contributed by atoms with Gasteiger partial charge in [0, 0.05) is 57.9 Å². The molecule has 47 heavy (non-hydrogen) atoms. The predicted molar refractivity (Wildman–Crippen MR) is 168 cm³/mol. The maximum absolute atomic E-state index is 13.5. The van der Waals surface area contributed by atoms with E-state index in [1.807, 2.05) is 42.9 Å². The molecule has 16 heteroatoms. The molecule has 0 radical (unpaired) electrons. The summed E-state index contributed by atoms with van der Waals surface area (Å²) < 4.78 is 33.7. The SMILES string of the molecule is CN(C)CCn1cnc2c(N(CC3CCCC3)NC(=O)c3ccc(CN4CCN(C)CC4)cc3)nc(C#N)nc21.O=C(O)C(F)(F)F. The second kappa shape index (κ2) is 16.0. The van der Waals surface area contributed by atoms with Crippen molar-refractivity contribution in [2.75, 3.05) is 65.4 Å². The summed E-state index contributed by atoms with van der Waals surface area (Å²) in [5, 5.41) is 18.6. The molecule has 3 aromatic rings. The van der Waals surface area contributed by atoms with E-state index < -0.39 is 12.1 Å². The number of imidazole rings is 1. The number of aliphatic carboxylic acids is 1. The van der Waals surface area contributed by atoms with Crippen LogP contribution in [-0.2, 0) is 17.9 Å². The van der Waals surface area contributed by atoms with Gasteiger partial charge in [-0.15, -0.1) is 0 Å². The molecular weight excluding hydrogens is 617 g/mol. The number of carboxylic acids is 1. The van der Waals surface area contributed by atoms with Crippen LogP contribution >= 0.6 is 0 Å². The average Bonchev–Trinajstić information content (AvgIpc) is 3.70. The summed E-state index contributed by atoms with van der Waals surface area (Å²) in [7, 11) is 6.18. The van der Waals surface area contributed by atoms with Crippen LogP contribution in [0.15, 0.2) is 30.6 Å². The van der Waals surface area contributed by atoms with Gasteiger partial charge in [-0.05, 0) is 57.6 Å². The number of piperazine rings is 1. The summed E-state index contributed by atoms with van der Waals surface area (Å²) in [5.41, 5.74) is 6.07. The van der Waals surface area contributed by atoms with Crippen LogP contribution in [0.5, 0.6) is 0 Å². The van der Waals surface area contributed by atoms with Gasteiger partial charge in [0.2, 0.25) is 5.82 Å².